The van der Waals surface area contributed by atoms with Crippen LogP contribution in [0.3, 0.4) is 0 Å². The van der Waals surface area contributed by atoms with Crippen molar-refractivity contribution in [1.82, 2.24) is 19.7 Å². The van der Waals surface area contributed by atoms with Crippen LogP contribution in [0.1, 0.15) is 41.9 Å². The lowest BCUT2D eigenvalue weighted by atomic mass is 10.1. The van der Waals surface area contributed by atoms with Gasteiger partial charge in [0.05, 0.1) is 11.4 Å². The van der Waals surface area contributed by atoms with Crippen molar-refractivity contribution >= 4 is 11.9 Å². The molecule has 4 rings (SSSR count). The summed E-state index contributed by atoms with van der Waals surface area (Å²) in [6, 6.07) is 13.5. The van der Waals surface area contributed by atoms with Crippen LogP contribution in [0, 0.1) is 0 Å². The van der Waals surface area contributed by atoms with Crippen LogP contribution in [0.5, 0.6) is 0 Å². The maximum absolute atomic E-state index is 12.6. The Balaban J connectivity index is 1.57. The molecule has 0 unspecified atom stereocenters. The van der Waals surface area contributed by atoms with Crippen molar-refractivity contribution in [3.05, 3.63) is 60.0 Å². The van der Waals surface area contributed by atoms with E-state index in [4.69, 9.17) is 0 Å². The fourth-order valence-corrected chi connectivity index (χ4v) is 2.79. The smallest absolute Gasteiger partial charge is 0.276 e. The average molecular weight is 333 g/mol. The highest BCUT2D eigenvalue weighted by Crippen LogP contribution is 2.39. The fourth-order valence-electron chi connectivity index (χ4n) is 2.79. The van der Waals surface area contributed by atoms with Crippen LogP contribution in [-0.4, -0.2) is 25.7 Å². The molecule has 0 atom stereocenters. The number of carbonyl (C=O) groups excluding carboxylic acids is 1. The second-order valence-corrected chi connectivity index (χ2v) is 6.13. The zero-order chi connectivity index (χ0) is 17.2. The van der Waals surface area contributed by atoms with Gasteiger partial charge in [-0.1, -0.05) is 30.3 Å². The molecule has 6 nitrogen and oxygen atoms in total. The fraction of sp³-hybridized carbons (Fsp3) is 0.263. The number of aryl methyl sites for hydroxylation is 1. The molecule has 1 aromatic carbocycles. The Bertz CT molecular complexity index is 899. The molecule has 1 N–H and O–H groups in total. The van der Waals surface area contributed by atoms with Crippen molar-refractivity contribution in [3.8, 4) is 11.3 Å². The number of anilines is 1. The first-order chi connectivity index (χ1) is 12.2. The Kier molecular flexibility index (Phi) is 4.01. The molecule has 0 spiro atoms. The molecule has 2 aromatic heterocycles. The van der Waals surface area contributed by atoms with Gasteiger partial charge in [0.25, 0.3) is 5.91 Å². The monoisotopic (exact) mass is 333 g/mol. The number of hydrogen-bond acceptors (Lipinski definition) is 4. The summed E-state index contributed by atoms with van der Waals surface area (Å²) in [4.78, 5) is 21.3. The van der Waals surface area contributed by atoms with Gasteiger partial charge < -0.3 is 0 Å². The van der Waals surface area contributed by atoms with Crippen LogP contribution < -0.4 is 5.32 Å². The lowest BCUT2D eigenvalue weighted by Gasteiger charge is -2.07. The predicted octanol–water partition coefficient (Wildman–Crippen LogP) is 3.49. The molecule has 1 aliphatic rings. The van der Waals surface area contributed by atoms with Crippen LogP contribution in [0.2, 0.25) is 0 Å². The summed E-state index contributed by atoms with van der Waals surface area (Å²) in [5.74, 6) is 0.576. The van der Waals surface area contributed by atoms with Crippen molar-refractivity contribution in [1.29, 1.82) is 0 Å². The van der Waals surface area contributed by atoms with E-state index in [2.05, 4.69) is 20.4 Å². The number of amides is 1. The molecule has 3 aromatic rings. The van der Waals surface area contributed by atoms with Gasteiger partial charge >= 0.3 is 0 Å². The first-order valence-electron chi connectivity index (χ1n) is 8.52. The minimum absolute atomic E-state index is 0.230. The minimum Gasteiger partial charge on any atom is -0.289 e. The van der Waals surface area contributed by atoms with E-state index in [1.807, 2.05) is 49.4 Å². The zero-order valence-corrected chi connectivity index (χ0v) is 14.0. The Hall–Kier alpha value is -3.02. The molecule has 0 saturated heterocycles. The highest BCUT2D eigenvalue weighted by atomic mass is 16.2. The first-order valence-corrected chi connectivity index (χ1v) is 8.52. The maximum Gasteiger partial charge on any atom is 0.276 e. The molecular formula is C19H19N5O. The number of hydrogen-bond donors (Lipinski definition) is 1. The van der Waals surface area contributed by atoms with Gasteiger partial charge in [-0.3, -0.25) is 14.8 Å². The number of rotatable bonds is 5. The van der Waals surface area contributed by atoms with E-state index in [1.165, 1.54) is 0 Å². The molecule has 0 bridgehead atoms. The SMILES string of the molecule is CCn1nc(C2CC2)cc1C(=O)Nc1nccc(-c2ccccc2)n1. The van der Waals surface area contributed by atoms with Gasteiger partial charge in [-0.15, -0.1) is 0 Å². The van der Waals surface area contributed by atoms with Crippen LogP contribution in [0.15, 0.2) is 48.7 Å². The van der Waals surface area contributed by atoms with E-state index in [0.29, 0.717) is 24.1 Å². The lowest BCUT2D eigenvalue weighted by molar-refractivity contribution is 0.101. The Morgan fingerprint density at radius 2 is 2.04 bits per heavy atom. The molecular weight excluding hydrogens is 314 g/mol. The van der Waals surface area contributed by atoms with E-state index in [0.717, 1.165) is 29.8 Å². The molecule has 6 heteroatoms. The largest absolute Gasteiger partial charge is 0.289 e. The van der Waals surface area contributed by atoms with Crippen LogP contribution in [-0.2, 0) is 6.54 Å². The van der Waals surface area contributed by atoms with E-state index < -0.39 is 0 Å². The molecule has 1 fully saturated rings. The molecule has 25 heavy (non-hydrogen) atoms. The zero-order valence-electron chi connectivity index (χ0n) is 14.0. The Morgan fingerprint density at radius 1 is 1.24 bits per heavy atom. The molecule has 126 valence electrons. The van der Waals surface area contributed by atoms with E-state index in [9.17, 15) is 4.79 Å². The average Bonchev–Trinajstić information content (AvgIpc) is 3.41. The topological polar surface area (TPSA) is 72.7 Å². The summed E-state index contributed by atoms with van der Waals surface area (Å²) >= 11 is 0. The van der Waals surface area contributed by atoms with Crippen molar-refractivity contribution in [2.45, 2.75) is 32.2 Å². The summed E-state index contributed by atoms with van der Waals surface area (Å²) in [5.41, 5.74) is 3.31. The van der Waals surface area contributed by atoms with Gasteiger partial charge in [0, 0.05) is 24.2 Å². The van der Waals surface area contributed by atoms with Crippen LogP contribution in [0.25, 0.3) is 11.3 Å². The van der Waals surface area contributed by atoms with Crippen molar-refractivity contribution < 1.29 is 4.79 Å². The van der Waals surface area contributed by atoms with E-state index in [1.54, 1.807) is 10.9 Å². The Labute approximate surface area is 145 Å². The lowest BCUT2D eigenvalue weighted by Crippen LogP contribution is -2.18. The third kappa shape index (κ3) is 3.28. The second-order valence-electron chi connectivity index (χ2n) is 6.13. The second kappa shape index (κ2) is 6.47. The predicted molar refractivity (Wildman–Crippen MR) is 95.3 cm³/mol. The van der Waals surface area contributed by atoms with Crippen molar-refractivity contribution in [3.63, 3.8) is 0 Å². The van der Waals surface area contributed by atoms with Crippen LogP contribution >= 0.6 is 0 Å². The first kappa shape index (κ1) is 15.5. The van der Waals surface area contributed by atoms with Gasteiger partial charge in [0.1, 0.15) is 5.69 Å². The van der Waals surface area contributed by atoms with Crippen molar-refractivity contribution in [2.75, 3.05) is 5.32 Å². The van der Waals surface area contributed by atoms with E-state index in [-0.39, 0.29) is 5.91 Å². The van der Waals surface area contributed by atoms with Gasteiger partial charge in [-0.25, -0.2) is 9.97 Å². The number of carbonyl (C=O) groups is 1. The molecule has 0 radical (unpaired) electrons. The van der Waals surface area contributed by atoms with Gasteiger partial charge in [0.15, 0.2) is 0 Å². The summed E-state index contributed by atoms with van der Waals surface area (Å²) in [5, 5.41) is 7.33. The van der Waals surface area contributed by atoms with Crippen LogP contribution in [0.4, 0.5) is 5.95 Å². The third-order valence-electron chi connectivity index (χ3n) is 4.28. The standard InChI is InChI=1S/C19H19N5O/c1-2-24-17(12-16(23-24)14-8-9-14)18(25)22-19-20-11-10-15(21-19)13-6-4-3-5-7-13/h3-7,10-12,14H,2,8-9H2,1H3,(H,20,21,22,25). The summed E-state index contributed by atoms with van der Waals surface area (Å²) < 4.78 is 1.74. The third-order valence-corrected chi connectivity index (χ3v) is 4.28. The number of nitrogens with zero attached hydrogens (tertiary/aromatic N) is 4. The van der Waals surface area contributed by atoms with Gasteiger partial charge in [-0.2, -0.15) is 5.10 Å². The molecule has 0 aliphatic heterocycles. The summed E-state index contributed by atoms with van der Waals surface area (Å²) in [7, 11) is 0. The highest BCUT2D eigenvalue weighted by Gasteiger charge is 2.28. The summed E-state index contributed by atoms with van der Waals surface area (Å²) in [6.45, 7) is 2.63. The highest BCUT2D eigenvalue weighted by molar-refractivity contribution is 6.02. The number of nitrogens with one attached hydrogen (secondary N) is 1. The maximum atomic E-state index is 12.6. The van der Waals surface area contributed by atoms with Crippen molar-refractivity contribution in [2.24, 2.45) is 0 Å². The molecule has 1 saturated carbocycles. The normalized spacial score (nSPS) is 13.6. The summed E-state index contributed by atoms with van der Waals surface area (Å²) in [6.07, 6.45) is 3.96. The quantitative estimate of drug-likeness (QED) is 0.776. The molecule has 1 aliphatic carbocycles. The minimum atomic E-state index is -0.230. The van der Waals surface area contributed by atoms with Gasteiger partial charge in [0.2, 0.25) is 5.95 Å². The Morgan fingerprint density at radius 3 is 2.76 bits per heavy atom. The van der Waals surface area contributed by atoms with Gasteiger partial charge in [-0.05, 0) is 31.9 Å². The molecule has 2 heterocycles. The number of aromatic nitrogens is 4. The molecule has 1 amide bonds. The number of benzene rings is 1. The van der Waals surface area contributed by atoms with E-state index >= 15 is 0 Å².